The summed E-state index contributed by atoms with van der Waals surface area (Å²) in [6.07, 6.45) is 0. The van der Waals surface area contributed by atoms with Crippen molar-refractivity contribution in [2.24, 2.45) is 0 Å². The molecular formula is C15H15ClO4. The van der Waals surface area contributed by atoms with Crippen molar-refractivity contribution in [2.75, 3.05) is 7.11 Å². The molecule has 0 aliphatic carbocycles. The van der Waals surface area contributed by atoms with Crippen LogP contribution in [0.1, 0.15) is 15.9 Å². The normalized spacial score (nSPS) is 9.30. The minimum atomic E-state index is -1.14. The number of aromatic carboxylic acids is 1. The van der Waals surface area contributed by atoms with Crippen LogP contribution in [0.15, 0.2) is 48.5 Å². The number of ether oxygens (including phenoxy) is 1. The Balaban J connectivity index is 0.000000217. The Labute approximate surface area is 122 Å². The fourth-order valence-corrected chi connectivity index (χ4v) is 1.56. The predicted molar refractivity (Wildman–Crippen MR) is 77.6 cm³/mol. The molecule has 0 heterocycles. The number of hydrogen-bond donors (Lipinski definition) is 2. The van der Waals surface area contributed by atoms with E-state index in [-0.39, 0.29) is 17.2 Å². The molecule has 0 radical (unpaired) electrons. The van der Waals surface area contributed by atoms with Gasteiger partial charge in [0.05, 0.1) is 7.11 Å². The van der Waals surface area contributed by atoms with Crippen LogP contribution in [-0.2, 0) is 5.88 Å². The molecule has 2 N–H and O–H groups in total. The minimum Gasteiger partial charge on any atom is -0.507 e. The molecule has 0 fully saturated rings. The highest BCUT2D eigenvalue weighted by molar-refractivity contribution is 6.17. The highest BCUT2D eigenvalue weighted by atomic mass is 35.5. The maximum atomic E-state index is 10.4. The molecule has 0 aliphatic rings. The summed E-state index contributed by atoms with van der Waals surface area (Å²) in [6, 6.07) is 13.9. The first-order valence-corrected chi connectivity index (χ1v) is 6.32. The summed E-state index contributed by atoms with van der Waals surface area (Å²) in [5, 5.41) is 17.7. The SMILES string of the molecule is COc1ccccc1.O=C(O)c1ccc(CCl)cc1O. The minimum absolute atomic E-state index is 0.108. The van der Waals surface area contributed by atoms with Crippen molar-refractivity contribution in [1.82, 2.24) is 0 Å². The quantitative estimate of drug-likeness (QED) is 0.850. The number of halogens is 1. The third-order valence-corrected chi connectivity index (χ3v) is 2.73. The van der Waals surface area contributed by atoms with Crippen LogP contribution in [0, 0.1) is 0 Å². The summed E-state index contributed by atoms with van der Waals surface area (Å²) in [7, 11) is 1.66. The molecule has 5 heteroatoms. The van der Waals surface area contributed by atoms with Crippen LogP contribution in [0.2, 0.25) is 0 Å². The van der Waals surface area contributed by atoms with Gasteiger partial charge in [0.25, 0.3) is 0 Å². The van der Waals surface area contributed by atoms with Gasteiger partial charge in [-0.15, -0.1) is 11.6 Å². The van der Waals surface area contributed by atoms with Gasteiger partial charge in [-0.05, 0) is 29.8 Å². The lowest BCUT2D eigenvalue weighted by Crippen LogP contribution is -1.96. The van der Waals surface area contributed by atoms with Crippen LogP contribution in [0.25, 0.3) is 0 Å². The van der Waals surface area contributed by atoms with Crippen LogP contribution in [0.5, 0.6) is 11.5 Å². The van der Waals surface area contributed by atoms with Gasteiger partial charge in [-0.2, -0.15) is 0 Å². The van der Waals surface area contributed by atoms with Gasteiger partial charge in [-0.3, -0.25) is 0 Å². The Bertz CT molecular complexity index is 555. The van der Waals surface area contributed by atoms with E-state index >= 15 is 0 Å². The van der Waals surface area contributed by atoms with E-state index in [1.807, 2.05) is 30.3 Å². The maximum absolute atomic E-state index is 10.4. The molecule has 0 saturated carbocycles. The third-order valence-electron chi connectivity index (χ3n) is 2.43. The maximum Gasteiger partial charge on any atom is 0.339 e. The highest BCUT2D eigenvalue weighted by Gasteiger charge is 2.08. The molecule has 0 aromatic heterocycles. The van der Waals surface area contributed by atoms with E-state index in [1.54, 1.807) is 13.2 Å². The summed E-state index contributed by atoms with van der Waals surface area (Å²) in [5.41, 5.74) is 0.586. The summed E-state index contributed by atoms with van der Waals surface area (Å²) < 4.78 is 4.91. The number of carbonyl (C=O) groups is 1. The van der Waals surface area contributed by atoms with Crippen molar-refractivity contribution in [3.8, 4) is 11.5 Å². The summed E-state index contributed by atoms with van der Waals surface area (Å²) >= 11 is 5.47. The number of hydrogen-bond acceptors (Lipinski definition) is 3. The summed E-state index contributed by atoms with van der Waals surface area (Å²) in [4.78, 5) is 10.4. The topological polar surface area (TPSA) is 66.8 Å². The molecule has 2 aromatic carbocycles. The predicted octanol–water partition coefficient (Wildman–Crippen LogP) is 3.52. The van der Waals surface area contributed by atoms with E-state index in [9.17, 15) is 4.79 Å². The fraction of sp³-hybridized carbons (Fsp3) is 0.133. The van der Waals surface area contributed by atoms with Gasteiger partial charge in [-0.25, -0.2) is 4.79 Å². The number of para-hydroxylation sites is 1. The lowest BCUT2D eigenvalue weighted by atomic mass is 10.1. The zero-order valence-corrected chi connectivity index (χ0v) is 11.7. The van der Waals surface area contributed by atoms with Gasteiger partial charge in [0, 0.05) is 5.88 Å². The van der Waals surface area contributed by atoms with Crippen molar-refractivity contribution in [3.05, 3.63) is 59.7 Å². The number of carboxylic acids is 1. The first-order chi connectivity index (χ1) is 9.58. The Hall–Kier alpha value is -2.20. The number of rotatable bonds is 3. The number of aromatic hydroxyl groups is 1. The van der Waals surface area contributed by atoms with Crippen molar-refractivity contribution in [1.29, 1.82) is 0 Å². The lowest BCUT2D eigenvalue weighted by molar-refractivity contribution is 0.0693. The average Bonchev–Trinajstić information content (AvgIpc) is 2.48. The van der Waals surface area contributed by atoms with E-state index in [1.165, 1.54) is 12.1 Å². The molecule has 0 aliphatic heterocycles. The van der Waals surface area contributed by atoms with Crippen LogP contribution >= 0.6 is 11.6 Å². The number of alkyl halides is 1. The second kappa shape index (κ2) is 8.07. The highest BCUT2D eigenvalue weighted by Crippen LogP contribution is 2.19. The van der Waals surface area contributed by atoms with E-state index in [0.29, 0.717) is 5.56 Å². The lowest BCUT2D eigenvalue weighted by Gasteiger charge is -2.00. The van der Waals surface area contributed by atoms with Crippen LogP contribution in [-0.4, -0.2) is 23.3 Å². The van der Waals surface area contributed by atoms with Gasteiger partial charge in [0.15, 0.2) is 0 Å². The number of benzene rings is 2. The summed E-state index contributed by atoms with van der Waals surface area (Å²) in [5.74, 6) is -0.227. The van der Waals surface area contributed by atoms with Crippen molar-refractivity contribution < 1.29 is 19.7 Å². The van der Waals surface area contributed by atoms with Gasteiger partial charge in [0.2, 0.25) is 0 Å². The Morgan fingerprint density at radius 1 is 1.20 bits per heavy atom. The standard InChI is InChI=1S/C8H7ClO3.C7H8O/c9-4-5-1-2-6(8(11)12)7(10)3-5;1-8-7-5-3-2-4-6-7/h1-3,10H,4H2,(H,11,12);2-6H,1H3. The molecule has 0 atom stereocenters. The second-order valence-corrected chi connectivity index (χ2v) is 4.07. The van der Waals surface area contributed by atoms with E-state index in [2.05, 4.69) is 0 Å². The molecule has 4 nitrogen and oxygen atoms in total. The second-order valence-electron chi connectivity index (χ2n) is 3.81. The molecular weight excluding hydrogens is 280 g/mol. The first-order valence-electron chi connectivity index (χ1n) is 5.78. The van der Waals surface area contributed by atoms with Crippen molar-refractivity contribution in [3.63, 3.8) is 0 Å². The van der Waals surface area contributed by atoms with E-state index in [0.717, 1.165) is 5.75 Å². The number of phenols is 1. The van der Waals surface area contributed by atoms with E-state index in [4.69, 9.17) is 26.6 Å². The Morgan fingerprint density at radius 3 is 2.25 bits per heavy atom. The molecule has 0 bridgehead atoms. The zero-order valence-electron chi connectivity index (χ0n) is 10.9. The Kier molecular flexibility index (Phi) is 6.40. The average molecular weight is 295 g/mol. The van der Waals surface area contributed by atoms with Crippen molar-refractivity contribution in [2.45, 2.75) is 5.88 Å². The van der Waals surface area contributed by atoms with Gasteiger partial charge in [-0.1, -0.05) is 24.3 Å². The van der Waals surface area contributed by atoms with Gasteiger partial charge in [0.1, 0.15) is 17.1 Å². The monoisotopic (exact) mass is 294 g/mol. The zero-order chi connectivity index (χ0) is 15.0. The van der Waals surface area contributed by atoms with E-state index < -0.39 is 5.97 Å². The largest absolute Gasteiger partial charge is 0.507 e. The van der Waals surface area contributed by atoms with Crippen molar-refractivity contribution >= 4 is 17.6 Å². The molecule has 2 aromatic rings. The molecule has 0 amide bonds. The molecule has 20 heavy (non-hydrogen) atoms. The van der Waals surface area contributed by atoms with Crippen LogP contribution in [0.3, 0.4) is 0 Å². The first kappa shape index (κ1) is 15.9. The number of methoxy groups -OCH3 is 1. The van der Waals surface area contributed by atoms with Crippen LogP contribution in [0.4, 0.5) is 0 Å². The van der Waals surface area contributed by atoms with Gasteiger partial charge >= 0.3 is 5.97 Å². The molecule has 2 rings (SSSR count). The number of carboxylic acid groups (broad SMARTS) is 1. The fourth-order valence-electron chi connectivity index (χ4n) is 1.40. The van der Waals surface area contributed by atoms with Gasteiger partial charge < -0.3 is 14.9 Å². The molecule has 0 spiro atoms. The third kappa shape index (κ3) is 4.82. The smallest absolute Gasteiger partial charge is 0.339 e. The molecule has 106 valence electrons. The molecule has 0 saturated heterocycles. The molecule has 0 unspecified atom stereocenters. The van der Waals surface area contributed by atoms with Crippen LogP contribution < -0.4 is 4.74 Å². The Morgan fingerprint density at radius 2 is 1.85 bits per heavy atom. The summed E-state index contributed by atoms with van der Waals surface area (Å²) in [6.45, 7) is 0.